The van der Waals surface area contributed by atoms with Gasteiger partial charge in [-0.3, -0.25) is 0 Å². The summed E-state index contributed by atoms with van der Waals surface area (Å²) in [6, 6.07) is 3.66. The molecule has 2 aromatic rings. The molecule has 1 N–H and O–H groups in total. The van der Waals surface area contributed by atoms with Crippen LogP contribution >= 0.6 is 11.7 Å². The van der Waals surface area contributed by atoms with Crippen LogP contribution in [0.2, 0.25) is 0 Å². The Morgan fingerprint density at radius 2 is 1.95 bits per heavy atom. The first-order chi connectivity index (χ1) is 9.58. The molecule has 108 valence electrons. The van der Waals surface area contributed by atoms with Crippen molar-refractivity contribution in [2.45, 2.75) is 50.0 Å². The summed E-state index contributed by atoms with van der Waals surface area (Å²) in [5.74, 6) is 0. The van der Waals surface area contributed by atoms with Crippen molar-refractivity contribution in [1.82, 2.24) is 13.5 Å². The minimum atomic E-state index is -3.53. The molecular weight excluding hydrogens is 294 g/mol. The third kappa shape index (κ3) is 2.57. The van der Waals surface area contributed by atoms with E-state index in [2.05, 4.69) is 13.5 Å². The molecule has 1 aliphatic carbocycles. The second-order valence-electron chi connectivity index (χ2n) is 5.30. The lowest BCUT2D eigenvalue weighted by molar-refractivity contribution is 0.412. The molecule has 1 saturated carbocycles. The number of hydrogen-bond acceptors (Lipinski definition) is 5. The van der Waals surface area contributed by atoms with Crippen molar-refractivity contribution in [1.29, 1.82) is 0 Å². The Morgan fingerprint density at radius 1 is 1.20 bits per heavy atom. The lowest BCUT2D eigenvalue weighted by Gasteiger charge is -2.23. The molecule has 20 heavy (non-hydrogen) atoms. The van der Waals surface area contributed by atoms with Gasteiger partial charge in [0.25, 0.3) is 0 Å². The lowest BCUT2D eigenvalue weighted by atomic mass is 9.96. The van der Waals surface area contributed by atoms with Gasteiger partial charge in [0, 0.05) is 6.04 Å². The maximum atomic E-state index is 12.7. The van der Waals surface area contributed by atoms with Gasteiger partial charge in [0.05, 0.1) is 11.7 Å². The van der Waals surface area contributed by atoms with Crippen LogP contribution in [0.5, 0.6) is 0 Å². The van der Waals surface area contributed by atoms with Gasteiger partial charge in [0.15, 0.2) is 0 Å². The number of benzene rings is 1. The van der Waals surface area contributed by atoms with Gasteiger partial charge in [-0.15, -0.1) is 0 Å². The Hall–Kier alpha value is -1.05. The third-order valence-corrected chi connectivity index (χ3v) is 6.01. The molecule has 1 heterocycles. The van der Waals surface area contributed by atoms with Crippen molar-refractivity contribution >= 4 is 32.8 Å². The van der Waals surface area contributed by atoms with Crippen LogP contribution in [0.4, 0.5) is 0 Å². The molecule has 0 radical (unpaired) electrons. The molecule has 3 rings (SSSR count). The first kappa shape index (κ1) is 13.9. The highest BCUT2D eigenvalue weighted by molar-refractivity contribution is 7.89. The molecule has 0 unspecified atom stereocenters. The van der Waals surface area contributed by atoms with Gasteiger partial charge in [-0.1, -0.05) is 25.3 Å². The van der Waals surface area contributed by atoms with E-state index in [0.29, 0.717) is 16.6 Å². The predicted octanol–water partition coefficient (Wildman–Crippen LogP) is 2.61. The van der Waals surface area contributed by atoms with E-state index in [1.165, 1.54) is 6.42 Å². The monoisotopic (exact) mass is 311 g/mol. The van der Waals surface area contributed by atoms with E-state index in [-0.39, 0.29) is 10.9 Å². The fourth-order valence-electron chi connectivity index (χ4n) is 2.77. The number of nitrogens with zero attached hydrogens (tertiary/aromatic N) is 2. The number of fused-ring (bicyclic) bond motifs is 1. The van der Waals surface area contributed by atoms with Crippen LogP contribution in [0.15, 0.2) is 17.0 Å². The average Bonchev–Trinajstić information content (AvgIpc) is 2.86. The number of aryl methyl sites for hydroxylation is 1. The molecule has 0 spiro atoms. The molecule has 0 saturated heterocycles. The number of rotatable bonds is 3. The van der Waals surface area contributed by atoms with Crippen LogP contribution in [-0.4, -0.2) is 23.2 Å². The quantitative estimate of drug-likeness (QED) is 0.945. The summed E-state index contributed by atoms with van der Waals surface area (Å²) >= 11 is 1.05. The Labute approximate surface area is 122 Å². The molecule has 0 amide bonds. The van der Waals surface area contributed by atoms with E-state index < -0.39 is 10.0 Å². The van der Waals surface area contributed by atoms with Gasteiger partial charge >= 0.3 is 0 Å². The SMILES string of the molecule is Cc1ccc2nsnc2c1S(=O)(=O)NC1CCCCC1. The lowest BCUT2D eigenvalue weighted by Crippen LogP contribution is -2.36. The highest BCUT2D eigenvalue weighted by Crippen LogP contribution is 2.26. The molecule has 7 heteroatoms. The zero-order chi connectivity index (χ0) is 14.2. The largest absolute Gasteiger partial charge is 0.243 e. The van der Waals surface area contributed by atoms with Gasteiger partial charge in [-0.05, 0) is 31.4 Å². The maximum absolute atomic E-state index is 12.7. The normalized spacial score (nSPS) is 17.6. The van der Waals surface area contributed by atoms with Gasteiger partial charge in [0.1, 0.15) is 15.9 Å². The number of sulfonamides is 1. The smallest absolute Gasteiger partial charge is 0.208 e. The summed E-state index contributed by atoms with van der Waals surface area (Å²) in [5, 5.41) is 0. The van der Waals surface area contributed by atoms with E-state index in [0.717, 1.165) is 37.4 Å². The summed E-state index contributed by atoms with van der Waals surface area (Å²) in [4.78, 5) is 0.286. The molecule has 1 fully saturated rings. The van der Waals surface area contributed by atoms with Crippen LogP contribution < -0.4 is 4.72 Å². The Balaban J connectivity index is 2.00. The summed E-state index contributed by atoms with van der Waals surface area (Å²) in [7, 11) is -3.53. The minimum absolute atomic E-state index is 0.0509. The highest BCUT2D eigenvalue weighted by atomic mass is 32.2. The van der Waals surface area contributed by atoms with Crippen molar-refractivity contribution in [2.24, 2.45) is 0 Å². The van der Waals surface area contributed by atoms with Crippen LogP contribution in [0, 0.1) is 6.92 Å². The van der Waals surface area contributed by atoms with E-state index in [4.69, 9.17) is 0 Å². The second kappa shape index (κ2) is 5.38. The first-order valence-corrected chi connectivity index (χ1v) is 9.03. The predicted molar refractivity (Wildman–Crippen MR) is 79.3 cm³/mol. The van der Waals surface area contributed by atoms with E-state index in [1.807, 2.05) is 6.07 Å². The third-order valence-electron chi connectivity index (χ3n) is 3.77. The Morgan fingerprint density at radius 3 is 2.70 bits per heavy atom. The maximum Gasteiger partial charge on any atom is 0.243 e. The molecule has 1 aromatic heterocycles. The second-order valence-corrected chi connectivity index (χ2v) is 7.48. The number of hydrogen-bond donors (Lipinski definition) is 1. The van der Waals surface area contributed by atoms with Crippen molar-refractivity contribution in [3.05, 3.63) is 17.7 Å². The number of aromatic nitrogens is 2. The summed E-state index contributed by atoms with van der Waals surface area (Å²) in [5.41, 5.74) is 1.84. The standard InChI is InChI=1S/C13H17N3O2S2/c1-9-7-8-11-12(15-19-14-11)13(9)20(17,18)16-10-5-3-2-4-6-10/h7-8,10,16H,2-6H2,1H3. The van der Waals surface area contributed by atoms with Crippen molar-refractivity contribution in [3.8, 4) is 0 Å². The molecular formula is C13H17N3O2S2. The van der Waals surface area contributed by atoms with Crippen molar-refractivity contribution in [2.75, 3.05) is 0 Å². The minimum Gasteiger partial charge on any atom is -0.208 e. The fraction of sp³-hybridized carbons (Fsp3) is 0.538. The van der Waals surface area contributed by atoms with Crippen LogP contribution in [0.3, 0.4) is 0 Å². The van der Waals surface area contributed by atoms with E-state index >= 15 is 0 Å². The van der Waals surface area contributed by atoms with Crippen LogP contribution in [-0.2, 0) is 10.0 Å². The van der Waals surface area contributed by atoms with Crippen molar-refractivity contribution < 1.29 is 8.42 Å². The van der Waals surface area contributed by atoms with Gasteiger partial charge < -0.3 is 0 Å². The van der Waals surface area contributed by atoms with E-state index in [9.17, 15) is 8.42 Å². The van der Waals surface area contributed by atoms with Crippen LogP contribution in [0.25, 0.3) is 11.0 Å². The van der Waals surface area contributed by atoms with Gasteiger partial charge in [-0.25, -0.2) is 13.1 Å². The summed E-state index contributed by atoms with van der Waals surface area (Å²) in [6.07, 6.45) is 5.22. The molecule has 1 aromatic carbocycles. The summed E-state index contributed by atoms with van der Waals surface area (Å²) < 4.78 is 36.4. The Bertz CT molecular complexity index is 718. The molecule has 5 nitrogen and oxygen atoms in total. The molecule has 0 atom stereocenters. The van der Waals surface area contributed by atoms with Gasteiger partial charge in [0.2, 0.25) is 10.0 Å². The Kier molecular flexibility index (Phi) is 3.74. The zero-order valence-electron chi connectivity index (χ0n) is 11.3. The van der Waals surface area contributed by atoms with Gasteiger partial charge in [-0.2, -0.15) is 8.75 Å². The topological polar surface area (TPSA) is 72.0 Å². The number of nitrogens with one attached hydrogen (secondary N) is 1. The molecule has 1 aliphatic rings. The van der Waals surface area contributed by atoms with Crippen LogP contribution in [0.1, 0.15) is 37.7 Å². The summed E-state index contributed by atoms with van der Waals surface area (Å²) in [6.45, 7) is 1.80. The fourth-order valence-corrected chi connectivity index (χ4v) is 5.06. The zero-order valence-corrected chi connectivity index (χ0v) is 12.9. The highest BCUT2D eigenvalue weighted by Gasteiger charge is 2.26. The molecule has 0 bridgehead atoms. The van der Waals surface area contributed by atoms with E-state index in [1.54, 1.807) is 13.0 Å². The van der Waals surface area contributed by atoms with Crippen molar-refractivity contribution in [3.63, 3.8) is 0 Å². The first-order valence-electron chi connectivity index (χ1n) is 6.82. The molecule has 0 aliphatic heterocycles. The average molecular weight is 311 g/mol.